The van der Waals surface area contributed by atoms with Crippen LogP contribution in [-0.4, -0.2) is 44.4 Å². The summed E-state index contributed by atoms with van der Waals surface area (Å²) in [6, 6.07) is 11.3. The van der Waals surface area contributed by atoms with Crippen LogP contribution in [-0.2, 0) is 4.79 Å². The summed E-state index contributed by atoms with van der Waals surface area (Å²) in [6.45, 7) is 6.66. The first kappa shape index (κ1) is 20.6. The van der Waals surface area contributed by atoms with Crippen LogP contribution in [0.4, 0.5) is 5.69 Å². The van der Waals surface area contributed by atoms with Crippen molar-refractivity contribution in [2.45, 2.75) is 32.3 Å². The molecule has 0 aliphatic carbocycles. The molecule has 0 atom stereocenters. The van der Waals surface area contributed by atoms with Crippen molar-refractivity contribution < 1.29 is 9.53 Å². The van der Waals surface area contributed by atoms with Gasteiger partial charge in [0.1, 0.15) is 5.75 Å². The fourth-order valence-electron chi connectivity index (χ4n) is 2.86. The number of thioether (sulfide) groups is 1. The minimum absolute atomic E-state index is 0.117. The number of rotatable bonds is 8. The van der Waals surface area contributed by atoms with Crippen LogP contribution in [0.2, 0.25) is 0 Å². The molecule has 150 valence electrons. The third-order valence-electron chi connectivity index (χ3n) is 4.13. The highest BCUT2D eigenvalue weighted by molar-refractivity contribution is 7.99. The molecule has 3 rings (SSSR count). The first-order valence-corrected chi connectivity index (χ1v) is 10.2. The molecular weight excluding hydrogens is 388 g/mol. The van der Waals surface area contributed by atoms with Gasteiger partial charge in [-0.2, -0.15) is 10.2 Å². The average molecular weight is 411 g/mol. The summed E-state index contributed by atoms with van der Waals surface area (Å²) in [5.41, 5.74) is 2.53. The highest BCUT2D eigenvalue weighted by Gasteiger charge is 2.18. The molecule has 0 saturated heterocycles. The monoisotopic (exact) mass is 410 g/mol. The molecule has 0 fully saturated rings. The third-order valence-corrected chi connectivity index (χ3v) is 4.95. The molecule has 0 N–H and O–H groups in total. The lowest BCUT2D eigenvalue weighted by atomic mass is 10.2. The molecule has 0 unspecified atom stereocenters. The van der Waals surface area contributed by atoms with E-state index in [-0.39, 0.29) is 18.1 Å². The molecule has 2 heterocycles. The lowest BCUT2D eigenvalue weighted by Gasteiger charge is -2.21. The minimum atomic E-state index is -0.117. The van der Waals surface area contributed by atoms with E-state index in [0.29, 0.717) is 24.1 Å². The number of carbonyl (C=O) groups is 1. The zero-order chi connectivity index (χ0) is 20.8. The van der Waals surface area contributed by atoms with E-state index in [9.17, 15) is 4.79 Å². The Labute approximate surface area is 173 Å². The van der Waals surface area contributed by atoms with Crippen LogP contribution in [0, 0.1) is 25.2 Å². The lowest BCUT2D eigenvalue weighted by Crippen LogP contribution is -2.33. The quantitative estimate of drug-likeness (QED) is 0.526. The molecule has 0 aliphatic rings. The maximum Gasteiger partial charge on any atom is 0.253 e. The van der Waals surface area contributed by atoms with Crippen molar-refractivity contribution in [3.05, 3.63) is 41.7 Å². The van der Waals surface area contributed by atoms with Crippen molar-refractivity contribution in [2.75, 3.05) is 23.8 Å². The number of hydrogen-bond donors (Lipinski definition) is 0. The average Bonchev–Trinajstić information content (AvgIpc) is 3.11. The van der Waals surface area contributed by atoms with Crippen molar-refractivity contribution in [1.29, 1.82) is 5.26 Å². The van der Waals surface area contributed by atoms with Gasteiger partial charge in [-0.25, -0.2) is 9.50 Å². The van der Waals surface area contributed by atoms with E-state index in [0.717, 1.165) is 22.8 Å². The lowest BCUT2D eigenvalue weighted by molar-refractivity contribution is -0.116. The molecule has 0 bridgehead atoms. The van der Waals surface area contributed by atoms with Gasteiger partial charge in [0.2, 0.25) is 11.1 Å². The number of hydrogen-bond acceptors (Lipinski definition) is 7. The Bertz CT molecular complexity index is 1040. The van der Waals surface area contributed by atoms with Crippen molar-refractivity contribution in [1.82, 2.24) is 19.6 Å². The Morgan fingerprint density at radius 3 is 2.72 bits per heavy atom. The summed E-state index contributed by atoms with van der Waals surface area (Å²) >= 11 is 1.25. The van der Waals surface area contributed by atoms with Gasteiger partial charge in [-0.05, 0) is 51.1 Å². The SMILES string of the molecule is CCOc1ccc(N(CCC#N)C(=O)CSc2nc3nc(C)cc(C)n3n2)cc1. The van der Waals surface area contributed by atoms with E-state index in [2.05, 4.69) is 21.1 Å². The van der Waals surface area contributed by atoms with Crippen LogP contribution < -0.4 is 9.64 Å². The van der Waals surface area contributed by atoms with Crippen LogP contribution in [0.3, 0.4) is 0 Å². The maximum absolute atomic E-state index is 12.9. The molecule has 2 aromatic heterocycles. The van der Waals surface area contributed by atoms with E-state index >= 15 is 0 Å². The number of aromatic nitrogens is 4. The maximum atomic E-state index is 12.9. The van der Waals surface area contributed by atoms with Crippen molar-refractivity contribution in [3.8, 4) is 11.8 Å². The van der Waals surface area contributed by atoms with Crippen LogP contribution in [0.15, 0.2) is 35.5 Å². The Morgan fingerprint density at radius 2 is 2.03 bits per heavy atom. The zero-order valence-electron chi connectivity index (χ0n) is 16.6. The number of fused-ring (bicyclic) bond motifs is 1. The van der Waals surface area contributed by atoms with E-state index in [1.54, 1.807) is 9.42 Å². The predicted molar refractivity (Wildman–Crippen MR) is 111 cm³/mol. The first-order valence-electron chi connectivity index (χ1n) is 9.25. The van der Waals surface area contributed by atoms with E-state index in [4.69, 9.17) is 10.00 Å². The van der Waals surface area contributed by atoms with Gasteiger partial charge in [0.05, 0.1) is 24.8 Å². The molecule has 0 spiro atoms. The number of ether oxygens (including phenoxy) is 1. The fourth-order valence-corrected chi connectivity index (χ4v) is 3.56. The summed E-state index contributed by atoms with van der Waals surface area (Å²) < 4.78 is 7.12. The molecule has 3 aromatic rings. The largest absolute Gasteiger partial charge is 0.494 e. The van der Waals surface area contributed by atoms with Crippen LogP contribution in [0.1, 0.15) is 24.7 Å². The van der Waals surface area contributed by atoms with Gasteiger partial charge in [0.15, 0.2) is 0 Å². The molecule has 9 heteroatoms. The number of amides is 1. The second kappa shape index (κ2) is 9.39. The van der Waals surface area contributed by atoms with Gasteiger partial charge in [-0.15, -0.1) is 5.10 Å². The van der Waals surface area contributed by atoms with E-state index in [1.807, 2.05) is 51.1 Å². The number of carbonyl (C=O) groups excluding carboxylic acids is 1. The van der Waals surface area contributed by atoms with E-state index < -0.39 is 0 Å². The van der Waals surface area contributed by atoms with Gasteiger partial charge >= 0.3 is 0 Å². The Hall–Kier alpha value is -3.12. The Kier molecular flexibility index (Phi) is 6.67. The summed E-state index contributed by atoms with van der Waals surface area (Å²) in [6.07, 6.45) is 0.249. The van der Waals surface area contributed by atoms with Crippen LogP contribution >= 0.6 is 11.8 Å². The number of anilines is 1. The molecule has 0 radical (unpaired) electrons. The molecule has 0 saturated carbocycles. The number of aryl methyl sites for hydroxylation is 2. The second-order valence-electron chi connectivity index (χ2n) is 6.31. The highest BCUT2D eigenvalue weighted by Crippen LogP contribution is 2.22. The molecule has 8 nitrogen and oxygen atoms in total. The molecule has 29 heavy (non-hydrogen) atoms. The molecule has 1 amide bonds. The highest BCUT2D eigenvalue weighted by atomic mass is 32.2. The predicted octanol–water partition coefficient (Wildman–Crippen LogP) is 3.18. The minimum Gasteiger partial charge on any atom is -0.494 e. The van der Waals surface area contributed by atoms with Gasteiger partial charge in [-0.3, -0.25) is 4.79 Å². The van der Waals surface area contributed by atoms with Gasteiger partial charge < -0.3 is 9.64 Å². The summed E-state index contributed by atoms with van der Waals surface area (Å²) in [7, 11) is 0. The molecule has 1 aromatic carbocycles. The summed E-state index contributed by atoms with van der Waals surface area (Å²) in [5.74, 6) is 1.30. The van der Waals surface area contributed by atoms with Gasteiger partial charge in [0, 0.05) is 23.6 Å². The molecule has 0 aliphatic heterocycles. The standard InChI is InChI=1S/C20H22N6O2S/c1-4-28-17-8-6-16(7-9-17)25(11-5-10-21)18(27)13-29-20-23-19-22-14(2)12-15(3)26(19)24-20/h6-9,12H,4-5,11,13H2,1-3H3. The normalized spacial score (nSPS) is 10.7. The van der Waals surface area contributed by atoms with Gasteiger partial charge in [-0.1, -0.05) is 11.8 Å². The van der Waals surface area contributed by atoms with Crippen molar-refractivity contribution in [2.24, 2.45) is 0 Å². The van der Waals surface area contributed by atoms with Crippen molar-refractivity contribution in [3.63, 3.8) is 0 Å². The topological polar surface area (TPSA) is 96.4 Å². The molecular formula is C20H22N6O2S. The Balaban J connectivity index is 1.73. The number of benzene rings is 1. The Morgan fingerprint density at radius 1 is 1.28 bits per heavy atom. The smallest absolute Gasteiger partial charge is 0.253 e. The second-order valence-corrected chi connectivity index (χ2v) is 7.26. The number of nitrogens with zero attached hydrogens (tertiary/aromatic N) is 6. The number of nitriles is 1. The van der Waals surface area contributed by atoms with Crippen LogP contribution in [0.5, 0.6) is 5.75 Å². The zero-order valence-corrected chi connectivity index (χ0v) is 17.4. The fraction of sp³-hybridized carbons (Fsp3) is 0.350. The first-order chi connectivity index (χ1) is 14.0. The third kappa shape index (κ3) is 5.03. The van der Waals surface area contributed by atoms with E-state index in [1.165, 1.54) is 11.8 Å². The summed E-state index contributed by atoms with van der Waals surface area (Å²) in [5, 5.41) is 13.9. The van der Waals surface area contributed by atoms with Crippen molar-refractivity contribution >= 4 is 29.1 Å². The van der Waals surface area contributed by atoms with Crippen LogP contribution in [0.25, 0.3) is 5.78 Å². The summed E-state index contributed by atoms with van der Waals surface area (Å²) in [4.78, 5) is 23.2. The van der Waals surface area contributed by atoms with Gasteiger partial charge in [0.25, 0.3) is 5.78 Å².